The monoisotopic (exact) mass is 392 g/mol. The molecule has 0 bridgehead atoms. The number of amides is 1. The molecular formula is C23H28N4O2. The molecule has 0 N–H and O–H groups in total. The molecule has 0 spiro atoms. The number of aromatic nitrogens is 2. The maximum Gasteiger partial charge on any atom is 0.259 e. The Labute approximate surface area is 171 Å². The Balaban J connectivity index is 1.66. The summed E-state index contributed by atoms with van der Waals surface area (Å²) in [6.45, 7) is 8.68. The number of benzene rings is 1. The van der Waals surface area contributed by atoms with Crippen molar-refractivity contribution in [3.63, 3.8) is 0 Å². The maximum absolute atomic E-state index is 13.4. The van der Waals surface area contributed by atoms with Crippen molar-refractivity contribution >= 4 is 22.7 Å². The number of carbonyl (C=O) groups is 1. The van der Waals surface area contributed by atoms with Crippen molar-refractivity contribution in [2.24, 2.45) is 0 Å². The molecule has 2 aromatic heterocycles. The number of carbonyl (C=O) groups excluding carboxylic acids is 1. The van der Waals surface area contributed by atoms with Crippen LogP contribution in [0.4, 0.5) is 5.69 Å². The zero-order valence-electron chi connectivity index (χ0n) is 17.6. The second-order valence-electron chi connectivity index (χ2n) is 8.18. The van der Waals surface area contributed by atoms with Gasteiger partial charge in [-0.3, -0.25) is 4.79 Å². The third-order valence-electron chi connectivity index (χ3n) is 5.65. The van der Waals surface area contributed by atoms with E-state index in [2.05, 4.69) is 47.1 Å². The second kappa shape index (κ2) is 7.85. The van der Waals surface area contributed by atoms with Gasteiger partial charge in [0.2, 0.25) is 0 Å². The van der Waals surface area contributed by atoms with Gasteiger partial charge >= 0.3 is 0 Å². The van der Waals surface area contributed by atoms with Crippen LogP contribution in [0.15, 0.2) is 34.9 Å². The lowest BCUT2D eigenvalue weighted by Crippen LogP contribution is -2.28. The van der Waals surface area contributed by atoms with E-state index in [0.717, 1.165) is 18.8 Å². The molecule has 0 radical (unpaired) electrons. The van der Waals surface area contributed by atoms with E-state index in [1.165, 1.54) is 24.1 Å². The molecule has 0 aliphatic carbocycles. The zero-order chi connectivity index (χ0) is 20.5. The van der Waals surface area contributed by atoms with Crippen LogP contribution < -0.4 is 4.90 Å². The Morgan fingerprint density at radius 1 is 1.24 bits per heavy atom. The van der Waals surface area contributed by atoms with Gasteiger partial charge in [-0.05, 0) is 43.4 Å². The quantitative estimate of drug-likeness (QED) is 0.638. The number of para-hydroxylation sites is 1. The molecule has 1 aliphatic heterocycles. The topological polar surface area (TPSA) is 62.5 Å². The average molecular weight is 393 g/mol. The summed E-state index contributed by atoms with van der Waals surface area (Å²) < 4.78 is 5.38. The fraction of sp³-hybridized carbons (Fsp3) is 0.435. The number of hydrogen-bond acceptors (Lipinski definition) is 5. The van der Waals surface area contributed by atoms with Crippen molar-refractivity contribution in [2.45, 2.75) is 46.1 Å². The first-order valence-corrected chi connectivity index (χ1v) is 10.3. The summed E-state index contributed by atoms with van der Waals surface area (Å²) in [7, 11) is 1.85. The molecule has 3 heterocycles. The Morgan fingerprint density at radius 3 is 2.69 bits per heavy atom. The highest BCUT2D eigenvalue weighted by Gasteiger charge is 2.23. The number of pyridine rings is 1. The summed E-state index contributed by atoms with van der Waals surface area (Å²) in [5.41, 5.74) is 4.97. The van der Waals surface area contributed by atoms with Crippen LogP contribution in [-0.4, -0.2) is 41.1 Å². The molecule has 152 valence electrons. The Bertz CT molecular complexity index is 1030. The van der Waals surface area contributed by atoms with E-state index >= 15 is 0 Å². The molecule has 3 aromatic rings. The molecule has 4 rings (SSSR count). The summed E-state index contributed by atoms with van der Waals surface area (Å²) in [4.78, 5) is 22.2. The molecule has 0 saturated carbocycles. The van der Waals surface area contributed by atoms with Crippen LogP contribution in [-0.2, 0) is 6.54 Å². The minimum atomic E-state index is -0.0400. The average Bonchev–Trinajstić information content (AvgIpc) is 3.37. The van der Waals surface area contributed by atoms with Crippen molar-refractivity contribution in [2.75, 3.05) is 25.0 Å². The molecule has 0 unspecified atom stereocenters. The number of fused-ring (bicyclic) bond motifs is 1. The molecule has 1 saturated heterocycles. The van der Waals surface area contributed by atoms with Crippen molar-refractivity contribution in [1.82, 2.24) is 15.0 Å². The van der Waals surface area contributed by atoms with E-state index in [1.54, 1.807) is 4.90 Å². The standard InChI is InChI=1S/C23H28N4O2/c1-15(2)19-13-18(21-16(3)25-29-22(21)24-19)23(28)26(4)14-17-9-5-6-10-20(17)27-11-7-8-12-27/h5-6,9-10,13,15H,7-8,11-12,14H2,1-4H3. The molecule has 0 atom stereocenters. The first-order chi connectivity index (χ1) is 14.0. The van der Waals surface area contributed by atoms with E-state index in [0.29, 0.717) is 28.9 Å². The molecule has 1 fully saturated rings. The summed E-state index contributed by atoms with van der Waals surface area (Å²) >= 11 is 0. The van der Waals surface area contributed by atoms with Crippen LogP contribution in [0.25, 0.3) is 11.1 Å². The number of rotatable bonds is 5. The predicted octanol–water partition coefficient (Wildman–Crippen LogP) is 4.53. The Hall–Kier alpha value is -2.89. The molecular weight excluding hydrogens is 364 g/mol. The smallest absolute Gasteiger partial charge is 0.259 e. The lowest BCUT2D eigenvalue weighted by Gasteiger charge is -2.25. The van der Waals surface area contributed by atoms with Crippen molar-refractivity contribution in [1.29, 1.82) is 0 Å². The van der Waals surface area contributed by atoms with Crippen molar-refractivity contribution in [3.8, 4) is 0 Å². The van der Waals surface area contributed by atoms with Crippen molar-refractivity contribution < 1.29 is 9.32 Å². The van der Waals surface area contributed by atoms with Gasteiger partial charge in [-0.1, -0.05) is 37.2 Å². The lowest BCUT2D eigenvalue weighted by molar-refractivity contribution is 0.0787. The molecule has 1 aliphatic rings. The number of anilines is 1. The number of aryl methyl sites for hydroxylation is 1. The van der Waals surface area contributed by atoms with Crippen LogP contribution in [0.1, 0.15) is 59.9 Å². The highest BCUT2D eigenvalue weighted by atomic mass is 16.5. The molecule has 1 amide bonds. The van der Waals surface area contributed by atoms with Crippen LogP contribution in [0, 0.1) is 6.92 Å². The highest BCUT2D eigenvalue weighted by Crippen LogP contribution is 2.28. The first-order valence-electron chi connectivity index (χ1n) is 10.3. The van der Waals surface area contributed by atoms with E-state index < -0.39 is 0 Å². The fourth-order valence-corrected chi connectivity index (χ4v) is 4.02. The Kier molecular flexibility index (Phi) is 5.26. The van der Waals surface area contributed by atoms with E-state index in [9.17, 15) is 4.79 Å². The third-order valence-corrected chi connectivity index (χ3v) is 5.65. The van der Waals surface area contributed by atoms with Gasteiger partial charge in [-0.2, -0.15) is 0 Å². The SMILES string of the molecule is Cc1noc2nc(C(C)C)cc(C(=O)N(C)Cc3ccccc3N3CCCC3)c12. The van der Waals surface area contributed by atoms with Crippen LogP contribution in [0.2, 0.25) is 0 Å². The van der Waals surface area contributed by atoms with Gasteiger partial charge in [0, 0.05) is 38.1 Å². The molecule has 6 nitrogen and oxygen atoms in total. The molecule has 6 heteroatoms. The van der Waals surface area contributed by atoms with Gasteiger partial charge in [0.1, 0.15) is 0 Å². The largest absolute Gasteiger partial charge is 0.371 e. The second-order valence-corrected chi connectivity index (χ2v) is 8.18. The van der Waals surface area contributed by atoms with E-state index in [1.807, 2.05) is 26.1 Å². The van der Waals surface area contributed by atoms with E-state index in [-0.39, 0.29) is 11.8 Å². The van der Waals surface area contributed by atoms with E-state index in [4.69, 9.17) is 4.52 Å². The van der Waals surface area contributed by atoms with Crippen LogP contribution >= 0.6 is 0 Å². The minimum absolute atomic E-state index is 0.0400. The van der Waals surface area contributed by atoms with Crippen LogP contribution in [0.5, 0.6) is 0 Å². The molecule has 1 aromatic carbocycles. The number of hydrogen-bond donors (Lipinski definition) is 0. The minimum Gasteiger partial charge on any atom is -0.371 e. The summed E-state index contributed by atoms with van der Waals surface area (Å²) in [5, 5.41) is 4.74. The van der Waals surface area contributed by atoms with Crippen LogP contribution in [0.3, 0.4) is 0 Å². The van der Waals surface area contributed by atoms with Gasteiger partial charge in [-0.25, -0.2) is 4.98 Å². The normalized spacial score (nSPS) is 14.2. The fourth-order valence-electron chi connectivity index (χ4n) is 4.02. The summed E-state index contributed by atoms with van der Waals surface area (Å²) in [6.07, 6.45) is 2.45. The van der Waals surface area contributed by atoms with Gasteiger partial charge in [0.05, 0.1) is 16.6 Å². The third kappa shape index (κ3) is 3.71. The van der Waals surface area contributed by atoms with Gasteiger partial charge in [0.15, 0.2) is 0 Å². The first kappa shape index (κ1) is 19.4. The zero-order valence-corrected chi connectivity index (χ0v) is 17.6. The summed E-state index contributed by atoms with van der Waals surface area (Å²) in [6, 6.07) is 10.3. The van der Waals surface area contributed by atoms with Gasteiger partial charge in [0.25, 0.3) is 11.6 Å². The summed E-state index contributed by atoms with van der Waals surface area (Å²) in [5.74, 6) is 0.152. The van der Waals surface area contributed by atoms with Crippen molar-refractivity contribution in [3.05, 3.63) is 52.8 Å². The predicted molar refractivity (Wildman–Crippen MR) is 114 cm³/mol. The van der Waals surface area contributed by atoms with Gasteiger partial charge in [-0.15, -0.1) is 0 Å². The van der Waals surface area contributed by atoms with Gasteiger partial charge < -0.3 is 14.3 Å². The lowest BCUT2D eigenvalue weighted by atomic mass is 10.0. The number of nitrogens with zero attached hydrogens (tertiary/aromatic N) is 4. The maximum atomic E-state index is 13.4. The molecule has 29 heavy (non-hydrogen) atoms. The Morgan fingerprint density at radius 2 is 1.97 bits per heavy atom. The highest BCUT2D eigenvalue weighted by molar-refractivity contribution is 6.06.